The highest BCUT2D eigenvalue weighted by Crippen LogP contribution is 2.24. The maximum atomic E-state index is 12.2. The summed E-state index contributed by atoms with van der Waals surface area (Å²) in [7, 11) is 0. The minimum atomic E-state index is 0.280. The van der Waals surface area contributed by atoms with Gasteiger partial charge in [-0.2, -0.15) is 0 Å². The highest BCUT2D eigenvalue weighted by molar-refractivity contribution is 5.82. The monoisotopic (exact) mass is 311 g/mol. The molecule has 3 rings (SSSR count). The van der Waals surface area contributed by atoms with Crippen LogP contribution in [0.1, 0.15) is 25.8 Å². The Morgan fingerprint density at radius 2 is 1.87 bits per heavy atom. The Bertz CT molecular complexity index is 703. The summed E-state index contributed by atoms with van der Waals surface area (Å²) >= 11 is 0. The summed E-state index contributed by atoms with van der Waals surface area (Å²) in [4.78, 5) is 21.3. The van der Waals surface area contributed by atoms with Crippen LogP contribution in [-0.4, -0.2) is 42.0 Å². The van der Waals surface area contributed by atoms with Gasteiger partial charge in [0.2, 0.25) is 5.91 Å². The summed E-state index contributed by atoms with van der Waals surface area (Å²) in [6, 6.07) is 10.4. The summed E-state index contributed by atoms with van der Waals surface area (Å²) in [5.41, 5.74) is 2.23. The summed E-state index contributed by atoms with van der Waals surface area (Å²) < 4.78 is 0. The van der Waals surface area contributed by atoms with Crippen molar-refractivity contribution in [3.63, 3.8) is 0 Å². The molecule has 0 bridgehead atoms. The number of piperazine rings is 1. The lowest BCUT2D eigenvalue weighted by molar-refractivity contribution is -0.132. The average Bonchev–Trinajstić information content (AvgIpc) is 2.54. The first-order valence-corrected chi connectivity index (χ1v) is 8.43. The second-order valence-corrected chi connectivity index (χ2v) is 6.79. The highest BCUT2D eigenvalue weighted by Gasteiger charge is 2.23. The second-order valence-electron chi connectivity index (χ2n) is 6.79. The average molecular weight is 311 g/mol. The molecule has 0 N–H and O–H groups in total. The highest BCUT2D eigenvalue weighted by atomic mass is 16.2. The zero-order valence-electron chi connectivity index (χ0n) is 14.2. The second kappa shape index (κ2) is 6.57. The van der Waals surface area contributed by atoms with Crippen molar-refractivity contribution < 1.29 is 4.79 Å². The summed E-state index contributed by atoms with van der Waals surface area (Å²) in [6.45, 7) is 9.60. The number of rotatable bonds is 3. The Balaban J connectivity index is 1.72. The standard InChI is InChI=1S/C19H25N3O/c1-14(2)12-18(23)21-8-10-22(11-9-21)19-15(3)13-16-6-4-5-7-17(16)20-19/h4-7,13-14H,8-12H2,1-3H3. The molecule has 2 heterocycles. The minimum absolute atomic E-state index is 0.280. The van der Waals surface area contributed by atoms with E-state index in [0.717, 1.165) is 37.5 Å². The number of carbonyl (C=O) groups is 1. The van der Waals surface area contributed by atoms with Gasteiger partial charge in [0.25, 0.3) is 0 Å². The predicted molar refractivity (Wildman–Crippen MR) is 94.7 cm³/mol. The van der Waals surface area contributed by atoms with Crippen molar-refractivity contribution in [1.29, 1.82) is 0 Å². The van der Waals surface area contributed by atoms with E-state index in [-0.39, 0.29) is 5.91 Å². The molecule has 0 aliphatic carbocycles. The maximum absolute atomic E-state index is 12.2. The lowest BCUT2D eigenvalue weighted by Crippen LogP contribution is -2.49. The molecule has 1 saturated heterocycles. The first kappa shape index (κ1) is 15.8. The molecule has 0 unspecified atom stereocenters. The van der Waals surface area contributed by atoms with Gasteiger partial charge in [-0.05, 0) is 30.5 Å². The van der Waals surface area contributed by atoms with E-state index in [1.807, 2.05) is 17.0 Å². The number of aromatic nitrogens is 1. The van der Waals surface area contributed by atoms with Crippen LogP contribution >= 0.6 is 0 Å². The number of anilines is 1. The Kier molecular flexibility index (Phi) is 4.51. The molecule has 0 radical (unpaired) electrons. The van der Waals surface area contributed by atoms with Gasteiger partial charge in [0.05, 0.1) is 5.52 Å². The summed E-state index contributed by atoms with van der Waals surface area (Å²) in [5, 5.41) is 1.18. The molecular weight excluding hydrogens is 286 g/mol. The Morgan fingerprint density at radius 3 is 2.57 bits per heavy atom. The van der Waals surface area contributed by atoms with E-state index in [1.165, 1.54) is 10.9 Å². The number of carbonyl (C=O) groups excluding carboxylic acids is 1. The molecule has 4 nitrogen and oxygen atoms in total. The molecule has 0 atom stereocenters. The number of aryl methyl sites for hydroxylation is 1. The third kappa shape index (κ3) is 3.46. The molecule has 1 aromatic carbocycles. The first-order chi connectivity index (χ1) is 11.0. The van der Waals surface area contributed by atoms with Crippen LogP contribution in [0.25, 0.3) is 10.9 Å². The normalized spacial score (nSPS) is 15.5. The van der Waals surface area contributed by atoms with Crippen LogP contribution in [0.3, 0.4) is 0 Å². The van der Waals surface area contributed by atoms with E-state index in [2.05, 4.69) is 43.9 Å². The molecule has 1 aliphatic rings. The van der Waals surface area contributed by atoms with Crippen LogP contribution < -0.4 is 4.90 Å². The fourth-order valence-corrected chi connectivity index (χ4v) is 3.18. The fraction of sp³-hybridized carbons (Fsp3) is 0.474. The van der Waals surface area contributed by atoms with Crippen molar-refractivity contribution in [2.24, 2.45) is 5.92 Å². The topological polar surface area (TPSA) is 36.4 Å². The van der Waals surface area contributed by atoms with Crippen LogP contribution in [0.2, 0.25) is 0 Å². The van der Waals surface area contributed by atoms with Gasteiger partial charge in [-0.25, -0.2) is 4.98 Å². The predicted octanol–water partition coefficient (Wildman–Crippen LogP) is 3.24. The number of amides is 1. The van der Waals surface area contributed by atoms with E-state index in [9.17, 15) is 4.79 Å². The number of pyridine rings is 1. The Hall–Kier alpha value is -2.10. The quantitative estimate of drug-likeness (QED) is 0.873. The number of para-hydroxylation sites is 1. The molecule has 1 fully saturated rings. The number of hydrogen-bond donors (Lipinski definition) is 0. The minimum Gasteiger partial charge on any atom is -0.353 e. The largest absolute Gasteiger partial charge is 0.353 e. The smallest absolute Gasteiger partial charge is 0.222 e. The number of nitrogens with zero attached hydrogens (tertiary/aromatic N) is 3. The SMILES string of the molecule is Cc1cc2ccccc2nc1N1CCN(C(=O)CC(C)C)CC1. The molecule has 122 valence electrons. The molecule has 1 aliphatic heterocycles. The van der Waals surface area contributed by atoms with E-state index in [0.29, 0.717) is 12.3 Å². The van der Waals surface area contributed by atoms with Crippen LogP contribution in [-0.2, 0) is 4.79 Å². The van der Waals surface area contributed by atoms with Crippen molar-refractivity contribution in [3.05, 3.63) is 35.9 Å². The van der Waals surface area contributed by atoms with Gasteiger partial charge in [-0.15, -0.1) is 0 Å². The third-order valence-electron chi connectivity index (χ3n) is 4.40. The van der Waals surface area contributed by atoms with Crippen LogP contribution in [0.15, 0.2) is 30.3 Å². The van der Waals surface area contributed by atoms with E-state index in [1.54, 1.807) is 0 Å². The molecule has 1 aromatic heterocycles. The molecule has 4 heteroatoms. The molecule has 0 spiro atoms. The van der Waals surface area contributed by atoms with Crippen LogP contribution in [0.5, 0.6) is 0 Å². The van der Waals surface area contributed by atoms with Gasteiger partial charge in [0.15, 0.2) is 0 Å². The zero-order chi connectivity index (χ0) is 16.4. The molecule has 23 heavy (non-hydrogen) atoms. The van der Waals surface area contributed by atoms with Gasteiger partial charge < -0.3 is 9.80 Å². The summed E-state index contributed by atoms with van der Waals surface area (Å²) in [5.74, 6) is 1.76. The van der Waals surface area contributed by atoms with Crippen molar-refractivity contribution in [1.82, 2.24) is 9.88 Å². The molecular formula is C19H25N3O. The van der Waals surface area contributed by atoms with Gasteiger partial charge >= 0.3 is 0 Å². The van der Waals surface area contributed by atoms with Crippen molar-refractivity contribution in [3.8, 4) is 0 Å². The van der Waals surface area contributed by atoms with Crippen LogP contribution in [0, 0.1) is 12.8 Å². The number of benzene rings is 1. The van der Waals surface area contributed by atoms with E-state index in [4.69, 9.17) is 4.98 Å². The summed E-state index contributed by atoms with van der Waals surface area (Å²) in [6.07, 6.45) is 0.646. The molecule has 2 aromatic rings. The number of fused-ring (bicyclic) bond motifs is 1. The molecule has 0 saturated carbocycles. The van der Waals surface area contributed by atoms with Crippen molar-refractivity contribution in [2.45, 2.75) is 27.2 Å². The first-order valence-electron chi connectivity index (χ1n) is 8.43. The lowest BCUT2D eigenvalue weighted by atomic mass is 10.1. The Labute approximate surface area is 138 Å². The Morgan fingerprint density at radius 1 is 1.17 bits per heavy atom. The van der Waals surface area contributed by atoms with Gasteiger partial charge in [-0.1, -0.05) is 32.0 Å². The third-order valence-corrected chi connectivity index (χ3v) is 4.40. The van der Waals surface area contributed by atoms with Gasteiger partial charge in [-0.3, -0.25) is 4.79 Å². The van der Waals surface area contributed by atoms with E-state index < -0.39 is 0 Å². The zero-order valence-corrected chi connectivity index (χ0v) is 14.2. The maximum Gasteiger partial charge on any atom is 0.222 e. The van der Waals surface area contributed by atoms with Crippen LogP contribution in [0.4, 0.5) is 5.82 Å². The van der Waals surface area contributed by atoms with Gasteiger partial charge in [0.1, 0.15) is 5.82 Å². The fourth-order valence-electron chi connectivity index (χ4n) is 3.18. The van der Waals surface area contributed by atoms with Crippen molar-refractivity contribution >= 4 is 22.6 Å². The van der Waals surface area contributed by atoms with Gasteiger partial charge in [0, 0.05) is 38.0 Å². The van der Waals surface area contributed by atoms with Crippen molar-refractivity contribution in [2.75, 3.05) is 31.1 Å². The lowest BCUT2D eigenvalue weighted by Gasteiger charge is -2.36. The molecule has 1 amide bonds. The van der Waals surface area contributed by atoms with E-state index >= 15 is 0 Å². The number of hydrogen-bond acceptors (Lipinski definition) is 3.